The summed E-state index contributed by atoms with van der Waals surface area (Å²) in [7, 11) is 1.64. The summed E-state index contributed by atoms with van der Waals surface area (Å²) in [6, 6.07) is 17.6. The van der Waals surface area contributed by atoms with Crippen LogP contribution in [0.25, 0.3) is 0 Å². The number of ether oxygens (including phenoxy) is 1. The molecule has 0 unspecified atom stereocenters. The summed E-state index contributed by atoms with van der Waals surface area (Å²) < 4.78 is 5.14. The standard InChI is InChI=1S/C22H24N4O2/c1-16-4-3-5-18(14-16)15-25-22-24-13-11-20(26-22)21(27)23-12-10-17-6-8-19(28-2)9-7-17/h3-9,11,13-14H,10,12,15H2,1-2H3,(H,23,27)(H,24,25,26). The number of carbonyl (C=O) groups is 1. The molecule has 3 rings (SSSR count). The Morgan fingerprint density at radius 2 is 1.89 bits per heavy atom. The van der Waals surface area contributed by atoms with Gasteiger partial charge < -0.3 is 15.4 Å². The molecule has 0 radical (unpaired) electrons. The molecule has 2 N–H and O–H groups in total. The van der Waals surface area contributed by atoms with Gasteiger partial charge in [-0.05, 0) is 42.7 Å². The van der Waals surface area contributed by atoms with Gasteiger partial charge in [-0.1, -0.05) is 42.0 Å². The zero-order chi connectivity index (χ0) is 19.8. The number of nitrogens with one attached hydrogen (secondary N) is 2. The molecule has 0 saturated carbocycles. The molecule has 0 saturated heterocycles. The molecule has 6 nitrogen and oxygen atoms in total. The predicted molar refractivity (Wildman–Crippen MR) is 110 cm³/mol. The Morgan fingerprint density at radius 1 is 1.07 bits per heavy atom. The Bertz CT molecular complexity index is 926. The fraction of sp³-hybridized carbons (Fsp3) is 0.227. The minimum absolute atomic E-state index is 0.213. The third kappa shape index (κ3) is 5.54. The Balaban J connectivity index is 1.51. The van der Waals surface area contributed by atoms with Crippen molar-refractivity contribution in [1.29, 1.82) is 0 Å². The predicted octanol–water partition coefficient (Wildman–Crippen LogP) is 3.38. The van der Waals surface area contributed by atoms with Crippen LogP contribution in [0.4, 0.5) is 5.95 Å². The highest BCUT2D eigenvalue weighted by Gasteiger charge is 2.08. The quantitative estimate of drug-likeness (QED) is 0.630. The van der Waals surface area contributed by atoms with Crippen LogP contribution in [0.15, 0.2) is 60.8 Å². The first-order chi connectivity index (χ1) is 13.6. The Hall–Kier alpha value is -3.41. The second-order valence-electron chi connectivity index (χ2n) is 6.46. The minimum atomic E-state index is -0.213. The maximum Gasteiger partial charge on any atom is 0.270 e. The van der Waals surface area contributed by atoms with E-state index in [9.17, 15) is 4.79 Å². The lowest BCUT2D eigenvalue weighted by Crippen LogP contribution is -2.26. The van der Waals surface area contributed by atoms with Crippen molar-refractivity contribution in [1.82, 2.24) is 15.3 Å². The fourth-order valence-electron chi connectivity index (χ4n) is 2.78. The molecule has 0 fully saturated rings. The van der Waals surface area contributed by atoms with Gasteiger partial charge in [0.1, 0.15) is 11.4 Å². The first-order valence-electron chi connectivity index (χ1n) is 9.17. The van der Waals surface area contributed by atoms with Crippen LogP contribution < -0.4 is 15.4 Å². The largest absolute Gasteiger partial charge is 0.497 e. The van der Waals surface area contributed by atoms with Gasteiger partial charge in [0, 0.05) is 19.3 Å². The van der Waals surface area contributed by atoms with Gasteiger partial charge in [0.05, 0.1) is 7.11 Å². The molecule has 28 heavy (non-hydrogen) atoms. The molecule has 0 aliphatic rings. The van der Waals surface area contributed by atoms with Crippen LogP contribution in [0.1, 0.15) is 27.2 Å². The second kappa shape index (κ2) is 9.50. The van der Waals surface area contributed by atoms with Crippen molar-refractivity contribution in [3.63, 3.8) is 0 Å². The SMILES string of the molecule is COc1ccc(CCNC(=O)c2ccnc(NCc3cccc(C)c3)n2)cc1. The number of carbonyl (C=O) groups excluding carboxylic acids is 1. The van der Waals surface area contributed by atoms with Crippen LogP contribution in [-0.4, -0.2) is 29.5 Å². The highest BCUT2D eigenvalue weighted by Crippen LogP contribution is 2.11. The van der Waals surface area contributed by atoms with E-state index in [-0.39, 0.29) is 5.91 Å². The van der Waals surface area contributed by atoms with Gasteiger partial charge in [0.2, 0.25) is 5.95 Å². The van der Waals surface area contributed by atoms with Gasteiger partial charge in [-0.2, -0.15) is 0 Å². The highest BCUT2D eigenvalue weighted by molar-refractivity contribution is 5.92. The first kappa shape index (κ1) is 19.4. The molecule has 0 aliphatic heterocycles. The van der Waals surface area contributed by atoms with Crippen LogP contribution in [0.2, 0.25) is 0 Å². The van der Waals surface area contributed by atoms with Gasteiger partial charge in [0.15, 0.2) is 0 Å². The van der Waals surface area contributed by atoms with E-state index in [4.69, 9.17) is 4.74 Å². The number of amides is 1. The molecular formula is C22H24N4O2. The van der Waals surface area contributed by atoms with E-state index in [1.165, 1.54) is 5.56 Å². The van der Waals surface area contributed by atoms with Crippen molar-refractivity contribution in [3.05, 3.63) is 83.2 Å². The van der Waals surface area contributed by atoms with Crippen LogP contribution in [-0.2, 0) is 13.0 Å². The molecule has 1 aromatic heterocycles. The lowest BCUT2D eigenvalue weighted by Gasteiger charge is -2.08. The van der Waals surface area contributed by atoms with E-state index in [2.05, 4.69) is 39.7 Å². The number of rotatable bonds is 8. The average Bonchev–Trinajstić information content (AvgIpc) is 2.73. The van der Waals surface area contributed by atoms with E-state index in [1.54, 1.807) is 19.4 Å². The van der Waals surface area contributed by atoms with Gasteiger partial charge in [-0.15, -0.1) is 0 Å². The molecule has 3 aromatic rings. The summed E-state index contributed by atoms with van der Waals surface area (Å²) >= 11 is 0. The molecule has 144 valence electrons. The Kier molecular flexibility index (Phi) is 6.57. The molecule has 0 aliphatic carbocycles. The second-order valence-corrected chi connectivity index (χ2v) is 6.46. The van der Waals surface area contributed by atoms with E-state index < -0.39 is 0 Å². The topological polar surface area (TPSA) is 76.1 Å². The van der Waals surface area contributed by atoms with Gasteiger partial charge in [-0.3, -0.25) is 4.79 Å². The van der Waals surface area contributed by atoms with Gasteiger partial charge in [0.25, 0.3) is 5.91 Å². The summed E-state index contributed by atoms with van der Waals surface area (Å²) in [5.41, 5.74) is 3.81. The van der Waals surface area contributed by atoms with E-state index in [0.717, 1.165) is 23.3 Å². The van der Waals surface area contributed by atoms with Crippen molar-refractivity contribution in [2.75, 3.05) is 19.0 Å². The number of hydrogen-bond donors (Lipinski definition) is 2. The number of aromatic nitrogens is 2. The lowest BCUT2D eigenvalue weighted by molar-refractivity contribution is 0.0949. The molecule has 0 spiro atoms. The Morgan fingerprint density at radius 3 is 2.64 bits per heavy atom. The monoisotopic (exact) mass is 376 g/mol. The maximum absolute atomic E-state index is 12.4. The van der Waals surface area contributed by atoms with Gasteiger partial charge >= 0.3 is 0 Å². The van der Waals surface area contributed by atoms with Crippen molar-refractivity contribution < 1.29 is 9.53 Å². The first-order valence-corrected chi connectivity index (χ1v) is 9.17. The lowest BCUT2D eigenvalue weighted by atomic mass is 10.1. The number of benzene rings is 2. The number of methoxy groups -OCH3 is 1. The molecule has 0 bridgehead atoms. The zero-order valence-corrected chi connectivity index (χ0v) is 16.1. The number of aryl methyl sites for hydroxylation is 1. The summed E-state index contributed by atoms with van der Waals surface area (Å²) in [4.78, 5) is 20.9. The van der Waals surface area contributed by atoms with Crippen LogP contribution in [0.3, 0.4) is 0 Å². The summed E-state index contributed by atoms with van der Waals surface area (Å²) in [6.45, 7) is 3.18. The van der Waals surface area contributed by atoms with Crippen molar-refractivity contribution >= 4 is 11.9 Å². The summed E-state index contributed by atoms with van der Waals surface area (Å²) in [5, 5.41) is 6.06. The maximum atomic E-state index is 12.4. The summed E-state index contributed by atoms with van der Waals surface area (Å²) in [6.07, 6.45) is 2.32. The van der Waals surface area contributed by atoms with E-state index in [1.807, 2.05) is 36.4 Å². The highest BCUT2D eigenvalue weighted by atomic mass is 16.5. The number of anilines is 1. The van der Waals surface area contributed by atoms with Crippen LogP contribution in [0, 0.1) is 6.92 Å². The average molecular weight is 376 g/mol. The van der Waals surface area contributed by atoms with Crippen molar-refractivity contribution in [2.24, 2.45) is 0 Å². The zero-order valence-electron chi connectivity index (χ0n) is 16.1. The summed E-state index contributed by atoms with van der Waals surface area (Å²) in [5.74, 6) is 1.04. The number of hydrogen-bond acceptors (Lipinski definition) is 5. The molecule has 2 aromatic carbocycles. The van der Waals surface area contributed by atoms with Crippen LogP contribution >= 0.6 is 0 Å². The Labute approximate surface area is 165 Å². The molecule has 1 heterocycles. The normalized spacial score (nSPS) is 10.4. The minimum Gasteiger partial charge on any atom is -0.497 e. The van der Waals surface area contributed by atoms with Crippen molar-refractivity contribution in [2.45, 2.75) is 19.9 Å². The molecule has 0 atom stereocenters. The van der Waals surface area contributed by atoms with Crippen molar-refractivity contribution in [3.8, 4) is 5.75 Å². The van der Waals surface area contributed by atoms with E-state index in [0.29, 0.717) is 24.7 Å². The molecule has 6 heteroatoms. The fourth-order valence-corrected chi connectivity index (χ4v) is 2.78. The van der Waals surface area contributed by atoms with E-state index >= 15 is 0 Å². The van der Waals surface area contributed by atoms with Gasteiger partial charge in [-0.25, -0.2) is 9.97 Å². The smallest absolute Gasteiger partial charge is 0.270 e. The third-order valence-electron chi connectivity index (χ3n) is 4.28. The van der Waals surface area contributed by atoms with Crippen LogP contribution in [0.5, 0.6) is 5.75 Å². The molecule has 1 amide bonds. The number of nitrogens with zero attached hydrogens (tertiary/aromatic N) is 2. The third-order valence-corrected chi connectivity index (χ3v) is 4.28. The molecular weight excluding hydrogens is 352 g/mol.